The van der Waals surface area contributed by atoms with Crippen molar-refractivity contribution in [3.05, 3.63) is 35.4 Å². The number of nitrogens with zero attached hydrogens (tertiary/aromatic N) is 1. The van der Waals surface area contributed by atoms with Gasteiger partial charge in [-0.15, -0.1) is 24.0 Å². The predicted molar refractivity (Wildman–Crippen MR) is 114 cm³/mol. The summed E-state index contributed by atoms with van der Waals surface area (Å²) in [5.74, 6) is 0.846. The molecule has 1 atom stereocenters. The molecule has 0 amide bonds. The number of nitrogens with one attached hydrogen (secondary N) is 2. The average molecular weight is 447 g/mol. The van der Waals surface area contributed by atoms with Gasteiger partial charge in [0.1, 0.15) is 0 Å². The molecule has 1 unspecified atom stereocenters. The number of hydrogen-bond donors (Lipinski definition) is 2. The third kappa shape index (κ3) is 9.47. The Balaban J connectivity index is 0.00000529. The van der Waals surface area contributed by atoms with Crippen molar-refractivity contribution in [2.45, 2.75) is 59.7 Å². The molecule has 0 spiro atoms. The van der Waals surface area contributed by atoms with E-state index in [9.17, 15) is 0 Å². The van der Waals surface area contributed by atoms with Crippen molar-refractivity contribution in [2.75, 3.05) is 14.2 Å². The first kappa shape index (κ1) is 23.2. The number of aliphatic imine (C=N–C) groups is 1. The zero-order chi connectivity index (χ0) is 17.3. The Kier molecular flexibility index (Phi) is 11.3. The summed E-state index contributed by atoms with van der Waals surface area (Å²) in [6.45, 7) is 10.4. The van der Waals surface area contributed by atoms with Gasteiger partial charge in [-0.05, 0) is 36.3 Å². The van der Waals surface area contributed by atoms with Gasteiger partial charge in [0.25, 0.3) is 0 Å². The van der Waals surface area contributed by atoms with Crippen LogP contribution in [0.25, 0.3) is 0 Å². The molecule has 0 aliphatic carbocycles. The van der Waals surface area contributed by atoms with Gasteiger partial charge < -0.3 is 15.4 Å². The van der Waals surface area contributed by atoms with E-state index < -0.39 is 0 Å². The maximum atomic E-state index is 5.26. The van der Waals surface area contributed by atoms with Crippen LogP contribution >= 0.6 is 24.0 Å². The molecular formula is C19H34IN3O. The lowest BCUT2D eigenvalue weighted by Gasteiger charge is -2.23. The molecule has 2 N–H and O–H groups in total. The number of guanidine groups is 1. The normalized spacial score (nSPS) is 13.2. The van der Waals surface area contributed by atoms with Crippen molar-refractivity contribution in [1.82, 2.24) is 10.6 Å². The number of halogens is 1. The fraction of sp³-hybridized carbons (Fsp3) is 0.632. The molecule has 0 aliphatic rings. The lowest BCUT2D eigenvalue weighted by molar-refractivity contribution is 0.184. The summed E-state index contributed by atoms with van der Waals surface area (Å²) in [5.41, 5.74) is 2.81. The molecule has 0 heterocycles. The smallest absolute Gasteiger partial charge is 0.191 e. The fourth-order valence-corrected chi connectivity index (χ4v) is 2.35. The second kappa shape index (κ2) is 11.7. The second-order valence-electron chi connectivity index (χ2n) is 7.27. The highest BCUT2D eigenvalue weighted by Crippen LogP contribution is 2.21. The van der Waals surface area contributed by atoms with Crippen LogP contribution in [0.15, 0.2) is 29.3 Å². The number of methoxy groups -OCH3 is 1. The summed E-state index contributed by atoms with van der Waals surface area (Å²) >= 11 is 0. The predicted octanol–water partition coefficient (Wildman–Crippen LogP) is 4.33. The van der Waals surface area contributed by atoms with Crippen molar-refractivity contribution < 1.29 is 4.74 Å². The topological polar surface area (TPSA) is 45.7 Å². The van der Waals surface area contributed by atoms with E-state index in [4.69, 9.17) is 4.74 Å². The molecule has 0 bridgehead atoms. The lowest BCUT2D eigenvalue weighted by Crippen LogP contribution is -2.42. The van der Waals surface area contributed by atoms with Crippen molar-refractivity contribution >= 4 is 29.9 Å². The highest BCUT2D eigenvalue weighted by molar-refractivity contribution is 14.0. The molecule has 4 nitrogen and oxygen atoms in total. The van der Waals surface area contributed by atoms with Gasteiger partial charge in [0.2, 0.25) is 0 Å². The average Bonchev–Trinajstić information content (AvgIpc) is 2.50. The van der Waals surface area contributed by atoms with Crippen LogP contribution in [-0.2, 0) is 17.9 Å². The first-order valence-electron chi connectivity index (χ1n) is 8.38. The third-order valence-corrected chi connectivity index (χ3v) is 3.80. The SMILES string of the molecule is CN=C(NCc1ccccc1COC)NC(C)CCC(C)(C)C.I. The molecule has 0 radical (unpaired) electrons. The molecule has 0 saturated carbocycles. The third-order valence-electron chi connectivity index (χ3n) is 3.80. The van der Waals surface area contributed by atoms with Crippen LogP contribution in [0.3, 0.4) is 0 Å². The zero-order valence-electron chi connectivity index (χ0n) is 16.0. The summed E-state index contributed by atoms with van der Waals surface area (Å²) in [7, 11) is 3.54. The van der Waals surface area contributed by atoms with Gasteiger partial charge in [0.15, 0.2) is 5.96 Å². The Morgan fingerprint density at radius 1 is 1.21 bits per heavy atom. The molecule has 1 aromatic rings. The Bertz CT molecular complexity index is 498. The van der Waals surface area contributed by atoms with E-state index in [1.807, 2.05) is 13.1 Å². The van der Waals surface area contributed by atoms with E-state index in [2.05, 4.69) is 61.5 Å². The highest BCUT2D eigenvalue weighted by Gasteiger charge is 2.13. The van der Waals surface area contributed by atoms with Crippen molar-refractivity contribution in [1.29, 1.82) is 0 Å². The van der Waals surface area contributed by atoms with Crippen molar-refractivity contribution in [3.8, 4) is 0 Å². The lowest BCUT2D eigenvalue weighted by atomic mass is 9.89. The van der Waals surface area contributed by atoms with Gasteiger partial charge in [-0.1, -0.05) is 45.0 Å². The molecule has 0 aliphatic heterocycles. The van der Waals surface area contributed by atoms with E-state index in [1.165, 1.54) is 17.5 Å². The molecule has 5 heteroatoms. The minimum atomic E-state index is 0. The van der Waals surface area contributed by atoms with Gasteiger partial charge in [0.05, 0.1) is 6.61 Å². The maximum Gasteiger partial charge on any atom is 0.191 e. The first-order chi connectivity index (χ1) is 10.9. The van der Waals surface area contributed by atoms with Gasteiger partial charge >= 0.3 is 0 Å². The van der Waals surface area contributed by atoms with Gasteiger partial charge in [-0.25, -0.2) is 0 Å². The van der Waals surface area contributed by atoms with Crippen molar-refractivity contribution in [3.63, 3.8) is 0 Å². The van der Waals surface area contributed by atoms with Crippen LogP contribution in [0.4, 0.5) is 0 Å². The van der Waals surface area contributed by atoms with Gasteiger partial charge in [-0.3, -0.25) is 4.99 Å². The Morgan fingerprint density at radius 2 is 1.83 bits per heavy atom. The molecule has 24 heavy (non-hydrogen) atoms. The van der Waals surface area contributed by atoms with E-state index in [1.54, 1.807) is 7.11 Å². The summed E-state index contributed by atoms with van der Waals surface area (Å²) in [6, 6.07) is 8.72. The Morgan fingerprint density at radius 3 is 2.38 bits per heavy atom. The highest BCUT2D eigenvalue weighted by atomic mass is 127. The molecule has 1 rings (SSSR count). The largest absolute Gasteiger partial charge is 0.380 e. The maximum absolute atomic E-state index is 5.26. The van der Waals surface area contributed by atoms with Crippen LogP contribution in [0.1, 0.15) is 51.7 Å². The quantitative estimate of drug-likeness (QED) is 0.372. The summed E-state index contributed by atoms with van der Waals surface area (Å²) in [5, 5.41) is 6.86. The molecule has 0 saturated heterocycles. The van der Waals surface area contributed by atoms with E-state index in [0.29, 0.717) is 18.1 Å². The molecule has 0 fully saturated rings. The van der Waals surface area contributed by atoms with Gasteiger partial charge in [0, 0.05) is 26.7 Å². The minimum absolute atomic E-state index is 0. The van der Waals surface area contributed by atoms with E-state index in [0.717, 1.165) is 18.9 Å². The summed E-state index contributed by atoms with van der Waals surface area (Å²) < 4.78 is 5.26. The number of ether oxygens (including phenoxy) is 1. The minimum Gasteiger partial charge on any atom is -0.380 e. The Hall–Kier alpha value is -0.820. The first-order valence-corrected chi connectivity index (χ1v) is 8.38. The van der Waals surface area contributed by atoms with Crippen molar-refractivity contribution in [2.24, 2.45) is 10.4 Å². The van der Waals surface area contributed by atoms with Crippen LogP contribution in [0, 0.1) is 5.41 Å². The van der Waals surface area contributed by atoms with Crippen LogP contribution in [0.5, 0.6) is 0 Å². The standard InChI is InChI=1S/C19H33N3O.HI/c1-15(11-12-19(2,3)4)22-18(20-5)21-13-16-9-7-8-10-17(16)14-23-6;/h7-10,15H,11-14H2,1-6H3,(H2,20,21,22);1H. The monoisotopic (exact) mass is 447 g/mol. The van der Waals surface area contributed by atoms with E-state index >= 15 is 0 Å². The molecule has 138 valence electrons. The van der Waals surface area contributed by atoms with E-state index in [-0.39, 0.29) is 24.0 Å². The Labute approximate surface area is 164 Å². The van der Waals surface area contributed by atoms with Crippen LogP contribution in [0.2, 0.25) is 0 Å². The van der Waals surface area contributed by atoms with Crippen LogP contribution in [-0.4, -0.2) is 26.2 Å². The molecular weight excluding hydrogens is 413 g/mol. The zero-order valence-corrected chi connectivity index (χ0v) is 18.3. The second-order valence-corrected chi connectivity index (χ2v) is 7.27. The molecule has 0 aromatic heterocycles. The number of hydrogen-bond acceptors (Lipinski definition) is 2. The number of benzene rings is 1. The summed E-state index contributed by atoms with van der Waals surface area (Å²) in [6.07, 6.45) is 2.32. The van der Waals surface area contributed by atoms with Gasteiger partial charge in [-0.2, -0.15) is 0 Å². The summed E-state index contributed by atoms with van der Waals surface area (Å²) in [4.78, 5) is 4.33. The fourth-order valence-electron chi connectivity index (χ4n) is 2.35. The van der Waals surface area contributed by atoms with Crippen LogP contribution < -0.4 is 10.6 Å². The number of rotatable bonds is 7. The molecule has 1 aromatic carbocycles.